The van der Waals surface area contributed by atoms with E-state index in [0.29, 0.717) is 17.7 Å². The number of rotatable bonds is 11. The van der Waals surface area contributed by atoms with Gasteiger partial charge < -0.3 is 31.4 Å². The fraction of sp³-hybridized carbons (Fsp3) is 0.400. The van der Waals surface area contributed by atoms with E-state index in [-0.39, 0.29) is 31.5 Å². The van der Waals surface area contributed by atoms with Crippen LogP contribution in [0, 0.1) is 5.92 Å². The lowest BCUT2D eigenvalue weighted by molar-refractivity contribution is -0.190. The molecule has 0 unspecified atom stereocenters. The van der Waals surface area contributed by atoms with Gasteiger partial charge in [0.1, 0.15) is 13.2 Å². The summed E-state index contributed by atoms with van der Waals surface area (Å²) in [7, 11) is 0. The van der Waals surface area contributed by atoms with Crippen molar-refractivity contribution in [2.45, 2.75) is 44.1 Å². The smallest absolute Gasteiger partial charge is 0.352 e. The lowest BCUT2D eigenvalue weighted by Crippen LogP contribution is -2.62. The lowest BCUT2D eigenvalue weighted by Gasteiger charge is -2.34. The number of hydrazone groups is 1. The highest BCUT2D eigenvalue weighted by molar-refractivity contribution is 6.04. The van der Waals surface area contributed by atoms with Crippen LogP contribution >= 0.6 is 0 Å². The Morgan fingerprint density at radius 2 is 1.57 bits per heavy atom. The van der Waals surface area contributed by atoms with Gasteiger partial charge in [0.25, 0.3) is 5.60 Å². The van der Waals surface area contributed by atoms with Gasteiger partial charge in [-0.1, -0.05) is 60.7 Å². The Labute approximate surface area is 204 Å². The summed E-state index contributed by atoms with van der Waals surface area (Å²) in [4.78, 5) is 26.6. The van der Waals surface area contributed by atoms with Crippen molar-refractivity contribution in [2.75, 3.05) is 13.1 Å². The number of hydrogen-bond acceptors (Lipinski definition) is 8. The van der Waals surface area contributed by atoms with E-state index in [4.69, 9.17) is 20.9 Å². The third kappa shape index (κ3) is 7.43. The van der Waals surface area contributed by atoms with Crippen LogP contribution in [0.15, 0.2) is 65.8 Å². The molecule has 10 nitrogen and oxygen atoms in total. The second-order valence-corrected chi connectivity index (χ2v) is 8.56. The molecule has 1 fully saturated rings. The first kappa shape index (κ1) is 26.0. The highest BCUT2D eigenvalue weighted by atomic mass is 16.6. The Bertz CT molecular complexity index is 921. The number of piperidine rings is 1. The molecular weight excluding hydrogens is 450 g/mol. The summed E-state index contributed by atoms with van der Waals surface area (Å²) in [5.41, 5.74) is 12.3. The van der Waals surface area contributed by atoms with Crippen LogP contribution in [0.4, 0.5) is 0 Å². The van der Waals surface area contributed by atoms with Crippen LogP contribution in [0.3, 0.4) is 0 Å². The van der Waals surface area contributed by atoms with Crippen LogP contribution in [0.2, 0.25) is 0 Å². The van der Waals surface area contributed by atoms with Gasteiger partial charge in [0.2, 0.25) is 5.96 Å². The van der Waals surface area contributed by atoms with E-state index >= 15 is 0 Å². The molecule has 1 aliphatic rings. The van der Waals surface area contributed by atoms with Gasteiger partial charge in [-0.3, -0.25) is 5.43 Å². The monoisotopic (exact) mass is 483 g/mol. The maximum atomic E-state index is 13.3. The molecule has 3 rings (SSSR count). The topological polar surface area (TPSA) is 161 Å². The van der Waals surface area contributed by atoms with Crippen LogP contribution in [-0.2, 0) is 32.3 Å². The summed E-state index contributed by atoms with van der Waals surface area (Å²) >= 11 is 0. The first-order valence-corrected chi connectivity index (χ1v) is 11.6. The second-order valence-electron chi connectivity index (χ2n) is 8.56. The number of guanidine groups is 1. The van der Waals surface area contributed by atoms with Crippen molar-refractivity contribution >= 4 is 17.9 Å². The highest BCUT2D eigenvalue weighted by Gasteiger charge is 2.55. The molecule has 1 heterocycles. The van der Waals surface area contributed by atoms with Crippen LogP contribution in [0.5, 0.6) is 0 Å². The Kier molecular flexibility index (Phi) is 9.45. The zero-order valence-electron chi connectivity index (χ0n) is 19.6. The minimum Gasteiger partial charge on any atom is -0.458 e. The third-order valence-corrected chi connectivity index (χ3v) is 5.87. The molecule has 0 spiro atoms. The fourth-order valence-corrected chi connectivity index (χ4v) is 3.96. The third-order valence-electron chi connectivity index (χ3n) is 5.87. The number of nitrogens with two attached hydrogens (primary N) is 2. The maximum Gasteiger partial charge on any atom is 0.352 e. The van der Waals surface area contributed by atoms with E-state index in [1.54, 1.807) is 48.5 Å². The number of hydrogen-bond donors (Lipinski definition) is 5. The predicted molar refractivity (Wildman–Crippen MR) is 130 cm³/mol. The van der Waals surface area contributed by atoms with Gasteiger partial charge in [-0.25, -0.2) is 9.59 Å². The molecule has 0 aromatic heterocycles. The van der Waals surface area contributed by atoms with Crippen LogP contribution in [0.1, 0.15) is 30.4 Å². The largest absolute Gasteiger partial charge is 0.458 e. The van der Waals surface area contributed by atoms with Gasteiger partial charge in [0.15, 0.2) is 0 Å². The molecule has 0 radical (unpaired) electrons. The Hall–Kier alpha value is -3.63. The average Bonchev–Trinajstić information content (AvgIpc) is 2.89. The van der Waals surface area contributed by atoms with Crippen molar-refractivity contribution in [3.8, 4) is 0 Å². The molecule has 0 saturated carbocycles. The summed E-state index contributed by atoms with van der Waals surface area (Å²) in [6.07, 6.45) is 2.00. The number of carbonyl (C=O) groups excluding carboxylic acids is 2. The van der Waals surface area contributed by atoms with E-state index in [0.717, 1.165) is 19.4 Å². The van der Waals surface area contributed by atoms with Crippen LogP contribution in [-0.4, -0.2) is 47.7 Å². The maximum absolute atomic E-state index is 13.3. The van der Waals surface area contributed by atoms with Crippen molar-refractivity contribution in [1.82, 2.24) is 10.7 Å². The summed E-state index contributed by atoms with van der Waals surface area (Å²) in [5, 5.41) is 18.7. The van der Waals surface area contributed by atoms with Crippen molar-refractivity contribution in [2.24, 2.45) is 22.5 Å². The first-order valence-electron chi connectivity index (χ1n) is 11.6. The summed E-state index contributed by atoms with van der Waals surface area (Å²) in [6.45, 7) is 1.28. The number of nitrogens with one attached hydrogen (secondary N) is 2. The van der Waals surface area contributed by atoms with Crippen molar-refractivity contribution < 1.29 is 24.2 Å². The van der Waals surface area contributed by atoms with Crippen molar-refractivity contribution in [3.05, 3.63) is 71.8 Å². The Balaban J connectivity index is 1.85. The normalized spacial score (nSPS) is 16.5. The molecule has 0 bridgehead atoms. The number of benzene rings is 2. The second kappa shape index (κ2) is 12.7. The quantitative estimate of drug-likeness (QED) is 0.102. The molecule has 2 atom stereocenters. The summed E-state index contributed by atoms with van der Waals surface area (Å²) in [5.74, 6) is -2.54. The number of aliphatic hydroxyl groups is 1. The molecule has 7 N–H and O–H groups in total. The van der Waals surface area contributed by atoms with E-state index in [1.807, 2.05) is 12.1 Å². The van der Waals surface area contributed by atoms with E-state index in [1.165, 1.54) is 0 Å². The fourth-order valence-electron chi connectivity index (χ4n) is 3.96. The predicted octanol–water partition coefficient (Wildman–Crippen LogP) is 0.741. The molecule has 0 aliphatic carbocycles. The van der Waals surface area contributed by atoms with Gasteiger partial charge in [-0.2, -0.15) is 0 Å². The minimum atomic E-state index is -2.69. The SMILES string of the molecule is NC(N)=NN[C@H](C[C@@H]1CCCNC1)C(O)(C(=O)OCc1ccccc1)C(=O)OCc1ccccc1. The van der Waals surface area contributed by atoms with Crippen molar-refractivity contribution in [1.29, 1.82) is 0 Å². The molecular formula is C25H33N5O5. The molecule has 2 aromatic rings. The molecule has 188 valence electrons. The first-order chi connectivity index (χ1) is 16.9. The number of ether oxygens (including phenoxy) is 2. The van der Waals surface area contributed by atoms with E-state index in [9.17, 15) is 14.7 Å². The zero-order chi connectivity index (χ0) is 25.1. The Morgan fingerprint density at radius 1 is 1.03 bits per heavy atom. The number of esters is 2. The molecule has 2 aromatic carbocycles. The van der Waals surface area contributed by atoms with E-state index < -0.39 is 23.6 Å². The Morgan fingerprint density at radius 3 is 2.03 bits per heavy atom. The number of carbonyl (C=O) groups is 2. The lowest BCUT2D eigenvalue weighted by atomic mass is 9.84. The minimum absolute atomic E-state index is 0.0609. The number of nitrogens with zero attached hydrogens (tertiary/aromatic N) is 1. The van der Waals surface area contributed by atoms with Crippen molar-refractivity contribution in [3.63, 3.8) is 0 Å². The van der Waals surface area contributed by atoms with Crippen LogP contribution < -0.4 is 22.2 Å². The van der Waals surface area contributed by atoms with Gasteiger partial charge in [-0.15, -0.1) is 5.10 Å². The summed E-state index contributed by atoms with van der Waals surface area (Å²) < 4.78 is 10.8. The molecule has 10 heteroatoms. The van der Waals surface area contributed by atoms with Gasteiger partial charge >= 0.3 is 11.9 Å². The zero-order valence-corrected chi connectivity index (χ0v) is 19.6. The average molecular weight is 484 g/mol. The molecule has 0 amide bonds. The standard InChI is InChI=1S/C25H33N5O5/c26-24(27)30-29-21(14-20-12-7-13-28-15-20)25(33,22(31)34-16-18-8-3-1-4-9-18)23(32)35-17-19-10-5-2-6-11-19/h1-6,8-11,20-21,28-29,33H,7,12-17H2,(H4,26,27,30)/t20-,21+/m0/s1. The summed E-state index contributed by atoms with van der Waals surface area (Å²) in [6, 6.07) is 16.7. The molecule has 1 aliphatic heterocycles. The van der Waals surface area contributed by atoms with Crippen LogP contribution in [0.25, 0.3) is 0 Å². The molecule has 1 saturated heterocycles. The van der Waals surface area contributed by atoms with Gasteiger partial charge in [0, 0.05) is 0 Å². The van der Waals surface area contributed by atoms with Gasteiger partial charge in [-0.05, 0) is 49.4 Å². The molecule has 35 heavy (non-hydrogen) atoms. The van der Waals surface area contributed by atoms with E-state index in [2.05, 4.69) is 15.8 Å². The highest BCUT2D eigenvalue weighted by Crippen LogP contribution is 2.26. The van der Waals surface area contributed by atoms with Gasteiger partial charge in [0.05, 0.1) is 6.04 Å².